The largest absolute Gasteiger partial charge is 0.444 e. The molecule has 0 bridgehead atoms. The van der Waals surface area contributed by atoms with Crippen molar-refractivity contribution < 1.29 is 4.42 Å². The molecule has 4 nitrogen and oxygen atoms in total. The molecule has 0 fully saturated rings. The van der Waals surface area contributed by atoms with Crippen LogP contribution in [0.25, 0.3) is 21.7 Å². The molecule has 0 saturated heterocycles. The molecule has 2 heterocycles. The minimum Gasteiger partial charge on any atom is -0.444 e. The van der Waals surface area contributed by atoms with Crippen LogP contribution in [0.3, 0.4) is 0 Å². The van der Waals surface area contributed by atoms with Gasteiger partial charge < -0.3 is 4.42 Å². The molecule has 5 heteroatoms. The number of rotatable bonds is 5. The van der Waals surface area contributed by atoms with Gasteiger partial charge in [0.15, 0.2) is 0 Å². The maximum absolute atomic E-state index is 5.60. The summed E-state index contributed by atoms with van der Waals surface area (Å²) >= 11 is 1.74. The van der Waals surface area contributed by atoms with Crippen LogP contribution in [0, 0.1) is 0 Å². The molecule has 2 aromatic heterocycles. The van der Waals surface area contributed by atoms with Crippen LogP contribution < -0.4 is 0 Å². The van der Waals surface area contributed by atoms with E-state index in [1.165, 1.54) is 4.70 Å². The average molecular weight is 335 g/mol. The Bertz CT molecular complexity index is 912. The van der Waals surface area contributed by atoms with E-state index < -0.39 is 0 Å². The minimum atomic E-state index is 0.666. The van der Waals surface area contributed by atoms with Crippen LogP contribution in [0.4, 0.5) is 0 Å². The van der Waals surface area contributed by atoms with E-state index in [2.05, 4.69) is 40.1 Å². The molecular formula is C19H17N3OS. The number of hydrogen-bond acceptors (Lipinski definition) is 5. The fraction of sp³-hybridized carbons (Fsp3) is 0.158. The zero-order valence-electron chi connectivity index (χ0n) is 13.3. The van der Waals surface area contributed by atoms with E-state index in [0.29, 0.717) is 5.89 Å². The molecule has 4 rings (SSSR count). The summed E-state index contributed by atoms with van der Waals surface area (Å²) in [7, 11) is 2.07. The average Bonchev–Trinajstić information content (AvgIpc) is 3.21. The first-order valence-corrected chi connectivity index (χ1v) is 8.62. The highest BCUT2D eigenvalue weighted by molar-refractivity contribution is 7.18. The topological polar surface area (TPSA) is 42.2 Å². The normalized spacial score (nSPS) is 11.4. The summed E-state index contributed by atoms with van der Waals surface area (Å²) in [6.45, 7) is 1.53. The van der Waals surface area contributed by atoms with Crippen molar-refractivity contribution in [1.82, 2.24) is 14.9 Å². The van der Waals surface area contributed by atoms with Crippen LogP contribution in [-0.2, 0) is 13.1 Å². The lowest BCUT2D eigenvalue weighted by molar-refractivity contribution is 0.314. The van der Waals surface area contributed by atoms with Crippen molar-refractivity contribution >= 4 is 21.6 Å². The fourth-order valence-electron chi connectivity index (χ4n) is 2.64. The van der Waals surface area contributed by atoms with Crippen molar-refractivity contribution in [3.63, 3.8) is 0 Å². The first-order valence-electron chi connectivity index (χ1n) is 7.81. The molecule has 0 unspecified atom stereocenters. The Hall–Kier alpha value is -2.50. The summed E-state index contributed by atoms with van der Waals surface area (Å²) in [6.07, 6.45) is 1.73. The quantitative estimate of drug-likeness (QED) is 0.535. The van der Waals surface area contributed by atoms with Gasteiger partial charge >= 0.3 is 0 Å². The second-order valence-corrected chi connectivity index (χ2v) is 6.87. The van der Waals surface area contributed by atoms with Crippen molar-refractivity contribution in [1.29, 1.82) is 0 Å². The summed E-state index contributed by atoms with van der Waals surface area (Å²) in [5, 5.41) is 1.12. The van der Waals surface area contributed by atoms with E-state index >= 15 is 0 Å². The number of nitrogens with zero attached hydrogens (tertiary/aromatic N) is 3. The smallest absolute Gasteiger partial charge is 0.226 e. The molecule has 0 aliphatic rings. The molecular weight excluding hydrogens is 318 g/mol. The van der Waals surface area contributed by atoms with E-state index in [0.717, 1.165) is 34.9 Å². The third-order valence-corrected chi connectivity index (χ3v) is 4.77. The van der Waals surface area contributed by atoms with Crippen molar-refractivity contribution in [2.45, 2.75) is 13.1 Å². The lowest BCUT2D eigenvalue weighted by Gasteiger charge is -2.12. The molecule has 4 aromatic rings. The summed E-state index contributed by atoms with van der Waals surface area (Å²) < 4.78 is 6.83. The fourth-order valence-corrected chi connectivity index (χ4v) is 3.69. The molecule has 0 spiro atoms. The Balaban J connectivity index is 1.44. The standard InChI is InChI=1S/C19H17N3OS/c1-22(12-18-21-16-9-5-6-10-17(16)24-18)11-15-13-23-19(20-15)14-7-3-2-4-8-14/h2-10,13H,11-12H2,1H3. The van der Waals surface area contributed by atoms with E-state index in [9.17, 15) is 0 Å². The van der Waals surface area contributed by atoms with Crippen LogP contribution in [-0.4, -0.2) is 21.9 Å². The zero-order chi connectivity index (χ0) is 16.4. The second-order valence-electron chi connectivity index (χ2n) is 5.76. The Morgan fingerprint density at radius 1 is 0.958 bits per heavy atom. The number of benzene rings is 2. The molecule has 120 valence electrons. The molecule has 0 saturated carbocycles. The highest BCUT2D eigenvalue weighted by Crippen LogP contribution is 2.23. The monoisotopic (exact) mass is 335 g/mol. The molecule has 0 aliphatic carbocycles. The third-order valence-electron chi connectivity index (χ3n) is 3.75. The van der Waals surface area contributed by atoms with Crippen LogP contribution in [0.5, 0.6) is 0 Å². The highest BCUT2D eigenvalue weighted by atomic mass is 32.1. The van der Waals surface area contributed by atoms with Crippen molar-refractivity contribution in [2.75, 3.05) is 7.05 Å². The number of thiazole rings is 1. The van der Waals surface area contributed by atoms with Gasteiger partial charge in [-0.2, -0.15) is 0 Å². The number of para-hydroxylation sites is 1. The predicted molar refractivity (Wildman–Crippen MR) is 96.7 cm³/mol. The minimum absolute atomic E-state index is 0.666. The van der Waals surface area contributed by atoms with Crippen molar-refractivity contribution in [3.8, 4) is 11.5 Å². The maximum atomic E-state index is 5.60. The third kappa shape index (κ3) is 3.22. The summed E-state index contributed by atoms with van der Waals surface area (Å²) in [5.41, 5.74) is 2.99. The van der Waals surface area contributed by atoms with Crippen LogP contribution in [0.2, 0.25) is 0 Å². The van der Waals surface area contributed by atoms with Gasteiger partial charge in [-0.05, 0) is 31.3 Å². The first kappa shape index (κ1) is 15.1. The Labute approximate surface area is 144 Å². The summed E-state index contributed by atoms with van der Waals surface area (Å²) in [5.74, 6) is 0.666. The van der Waals surface area contributed by atoms with Gasteiger partial charge in [-0.1, -0.05) is 30.3 Å². The van der Waals surface area contributed by atoms with E-state index in [1.807, 2.05) is 36.4 Å². The van der Waals surface area contributed by atoms with E-state index in [-0.39, 0.29) is 0 Å². The molecule has 0 aliphatic heterocycles. The molecule has 0 atom stereocenters. The van der Waals surface area contributed by atoms with Gasteiger partial charge in [0, 0.05) is 12.1 Å². The summed E-state index contributed by atoms with van der Waals surface area (Å²) in [4.78, 5) is 11.5. The van der Waals surface area contributed by atoms with Gasteiger partial charge in [-0.15, -0.1) is 11.3 Å². The predicted octanol–water partition coefficient (Wildman–Crippen LogP) is 4.58. The van der Waals surface area contributed by atoms with E-state index in [1.54, 1.807) is 17.6 Å². The Kier molecular flexibility index (Phi) is 4.11. The van der Waals surface area contributed by atoms with Gasteiger partial charge in [0.05, 0.1) is 22.5 Å². The molecule has 0 radical (unpaired) electrons. The SMILES string of the molecule is CN(Cc1coc(-c2ccccc2)n1)Cc1nc2ccccc2s1. The van der Waals surface area contributed by atoms with Crippen LogP contribution in [0.15, 0.2) is 65.3 Å². The number of aromatic nitrogens is 2. The van der Waals surface area contributed by atoms with E-state index in [4.69, 9.17) is 4.42 Å². The first-order chi connectivity index (χ1) is 11.8. The summed E-state index contributed by atoms with van der Waals surface area (Å²) in [6, 6.07) is 18.2. The van der Waals surface area contributed by atoms with Gasteiger partial charge in [-0.25, -0.2) is 9.97 Å². The number of fused-ring (bicyclic) bond motifs is 1. The van der Waals surface area contributed by atoms with Crippen LogP contribution in [0.1, 0.15) is 10.7 Å². The Morgan fingerprint density at radius 3 is 2.58 bits per heavy atom. The molecule has 0 N–H and O–H groups in total. The number of hydrogen-bond donors (Lipinski definition) is 0. The lowest BCUT2D eigenvalue weighted by atomic mass is 10.2. The number of oxazole rings is 1. The van der Waals surface area contributed by atoms with Gasteiger partial charge in [0.2, 0.25) is 5.89 Å². The maximum Gasteiger partial charge on any atom is 0.226 e. The molecule has 2 aromatic carbocycles. The van der Waals surface area contributed by atoms with Crippen LogP contribution >= 0.6 is 11.3 Å². The lowest BCUT2D eigenvalue weighted by Crippen LogP contribution is -2.17. The van der Waals surface area contributed by atoms with Crippen molar-refractivity contribution in [3.05, 3.63) is 71.6 Å². The highest BCUT2D eigenvalue weighted by Gasteiger charge is 2.11. The van der Waals surface area contributed by atoms with Gasteiger partial charge in [0.25, 0.3) is 0 Å². The second kappa shape index (κ2) is 6.55. The molecule has 24 heavy (non-hydrogen) atoms. The van der Waals surface area contributed by atoms with Crippen molar-refractivity contribution in [2.24, 2.45) is 0 Å². The molecule has 0 amide bonds. The van der Waals surface area contributed by atoms with Gasteiger partial charge in [-0.3, -0.25) is 4.90 Å². The Morgan fingerprint density at radius 2 is 1.75 bits per heavy atom. The van der Waals surface area contributed by atoms with Gasteiger partial charge in [0.1, 0.15) is 11.3 Å². The zero-order valence-corrected chi connectivity index (χ0v) is 14.2.